The van der Waals surface area contributed by atoms with Crippen LogP contribution in [0, 0.1) is 0 Å². The third kappa shape index (κ3) is 6.14. The lowest BCUT2D eigenvalue weighted by Gasteiger charge is -2.37. The van der Waals surface area contributed by atoms with E-state index in [-0.39, 0.29) is 24.5 Å². The Hall–Kier alpha value is -3.37. The molecule has 198 valence electrons. The third-order valence-corrected chi connectivity index (χ3v) is 8.40. The largest absolute Gasteiger partial charge is 0.453 e. The van der Waals surface area contributed by atoms with Crippen LogP contribution in [0.2, 0.25) is 0 Å². The number of rotatable bonds is 8. The number of urea groups is 1. The number of benzene rings is 2. The molecular weight excluding hydrogens is 492 g/mol. The zero-order valence-electron chi connectivity index (χ0n) is 21.3. The van der Waals surface area contributed by atoms with Crippen molar-refractivity contribution in [2.45, 2.75) is 42.3 Å². The molecule has 0 aromatic heterocycles. The van der Waals surface area contributed by atoms with E-state index < -0.39 is 21.2 Å². The maximum Gasteiger partial charge on any atom is 0.407 e. The summed E-state index contributed by atoms with van der Waals surface area (Å²) in [5, 5.41) is 5.85. The lowest BCUT2D eigenvalue weighted by Crippen LogP contribution is -2.55. The van der Waals surface area contributed by atoms with Crippen molar-refractivity contribution in [1.29, 1.82) is 0 Å². The Morgan fingerprint density at radius 1 is 1.14 bits per heavy atom. The van der Waals surface area contributed by atoms with Gasteiger partial charge in [0, 0.05) is 30.8 Å². The summed E-state index contributed by atoms with van der Waals surface area (Å²) in [6.07, 6.45) is 2.83. The second kappa shape index (κ2) is 10.9. The van der Waals surface area contributed by atoms with Crippen molar-refractivity contribution >= 4 is 33.4 Å². The molecule has 9 nitrogen and oxygen atoms in total. The first-order valence-corrected chi connectivity index (χ1v) is 14.4. The molecule has 1 spiro atoms. The predicted molar refractivity (Wildman–Crippen MR) is 143 cm³/mol. The van der Waals surface area contributed by atoms with Gasteiger partial charge in [-0.05, 0) is 57.9 Å². The van der Waals surface area contributed by atoms with Gasteiger partial charge in [-0.3, -0.25) is 13.9 Å². The minimum absolute atomic E-state index is 0.163. The van der Waals surface area contributed by atoms with Gasteiger partial charge in [-0.1, -0.05) is 42.5 Å². The summed E-state index contributed by atoms with van der Waals surface area (Å²) < 4.78 is 16.9. The van der Waals surface area contributed by atoms with Gasteiger partial charge in [-0.15, -0.1) is 0 Å². The van der Waals surface area contributed by atoms with Gasteiger partial charge in [0.15, 0.2) is 0 Å². The van der Waals surface area contributed by atoms with Gasteiger partial charge in [0.2, 0.25) is 0 Å². The predicted octanol–water partition coefficient (Wildman–Crippen LogP) is 2.77. The van der Waals surface area contributed by atoms with E-state index in [9.17, 15) is 18.6 Å². The van der Waals surface area contributed by atoms with E-state index in [1.165, 1.54) is 12.0 Å². The molecule has 1 unspecified atom stereocenters. The highest BCUT2D eigenvalue weighted by molar-refractivity contribution is 7.99. The molecule has 2 heterocycles. The Morgan fingerprint density at radius 2 is 1.78 bits per heavy atom. The van der Waals surface area contributed by atoms with Crippen LogP contribution in [0.4, 0.5) is 9.59 Å². The number of amides is 4. The van der Waals surface area contributed by atoms with Crippen LogP contribution in [0.3, 0.4) is 0 Å². The molecule has 10 heteroatoms. The molecule has 0 bridgehead atoms. The fourth-order valence-corrected chi connectivity index (χ4v) is 5.61. The summed E-state index contributed by atoms with van der Waals surface area (Å²) in [6, 6.07) is 16.2. The summed E-state index contributed by atoms with van der Waals surface area (Å²) in [7, 11) is -0.975. The van der Waals surface area contributed by atoms with Crippen molar-refractivity contribution in [2.75, 3.05) is 33.0 Å². The van der Waals surface area contributed by atoms with Gasteiger partial charge in [-0.2, -0.15) is 0 Å². The average Bonchev–Trinajstić information content (AvgIpc) is 3.11. The molecule has 37 heavy (non-hydrogen) atoms. The number of nitrogens with one attached hydrogen (secondary N) is 2. The number of carbonyl (C=O) groups excluding carboxylic acids is 3. The lowest BCUT2D eigenvalue weighted by atomic mass is 9.87. The van der Waals surface area contributed by atoms with Crippen LogP contribution in [-0.2, 0) is 25.6 Å². The van der Waals surface area contributed by atoms with E-state index in [0.29, 0.717) is 37.2 Å². The number of ether oxygens (including phenoxy) is 1. The molecule has 2 atom stereocenters. The van der Waals surface area contributed by atoms with E-state index in [1.54, 1.807) is 30.5 Å². The van der Waals surface area contributed by atoms with Crippen molar-refractivity contribution in [1.82, 2.24) is 20.4 Å². The molecule has 2 saturated heterocycles. The summed E-state index contributed by atoms with van der Waals surface area (Å²) >= 11 is 0. The molecule has 2 aliphatic heterocycles. The number of hydrogen-bond acceptors (Lipinski definition) is 6. The molecule has 2 fully saturated rings. The van der Waals surface area contributed by atoms with E-state index in [4.69, 9.17) is 4.74 Å². The number of nitrogens with zero attached hydrogens (tertiary/aromatic N) is 2. The second-order valence-corrected chi connectivity index (χ2v) is 12.3. The van der Waals surface area contributed by atoms with Gasteiger partial charge in [0.05, 0.1) is 19.7 Å². The van der Waals surface area contributed by atoms with Crippen LogP contribution in [0.15, 0.2) is 59.5 Å². The highest BCUT2D eigenvalue weighted by atomic mass is 32.2. The van der Waals surface area contributed by atoms with Crippen molar-refractivity contribution < 1.29 is 23.3 Å². The molecule has 2 aromatic carbocycles. The Morgan fingerprint density at radius 3 is 2.38 bits per heavy atom. The first-order valence-electron chi connectivity index (χ1n) is 12.3. The van der Waals surface area contributed by atoms with Gasteiger partial charge in [0.1, 0.15) is 5.54 Å². The quantitative estimate of drug-likeness (QED) is 0.405. The number of likely N-dealkylation sites (tertiary alicyclic amines) is 1. The molecule has 2 aliphatic rings. The number of alkyl carbamates (subject to hydrolysis) is 1. The van der Waals surface area contributed by atoms with E-state index in [2.05, 4.69) is 21.4 Å². The van der Waals surface area contributed by atoms with E-state index in [0.717, 1.165) is 17.7 Å². The van der Waals surface area contributed by atoms with Crippen molar-refractivity contribution in [3.8, 4) is 0 Å². The minimum Gasteiger partial charge on any atom is -0.453 e. The monoisotopic (exact) mass is 526 g/mol. The first-order chi connectivity index (χ1) is 17.6. The highest BCUT2D eigenvalue weighted by Crippen LogP contribution is 2.31. The Balaban J connectivity index is 1.34. The van der Waals surface area contributed by atoms with Crippen molar-refractivity contribution in [3.63, 3.8) is 0 Å². The molecule has 0 aliphatic carbocycles. The SMILES string of the molecule is C=S(C)(=O)c1ccc(CN2C(=O)NC3(CCN(CC[C@H](NC(=O)OC)c4ccccc4)CC3)C2=O)cc1. The molecule has 2 aromatic rings. The van der Waals surface area contributed by atoms with E-state index >= 15 is 0 Å². The van der Waals surface area contributed by atoms with Crippen LogP contribution in [0.5, 0.6) is 0 Å². The topological polar surface area (TPSA) is 108 Å². The lowest BCUT2D eigenvalue weighted by molar-refractivity contribution is -0.133. The normalized spacial score (nSPS) is 19.8. The minimum atomic E-state index is -2.32. The maximum absolute atomic E-state index is 13.3. The van der Waals surface area contributed by atoms with Crippen LogP contribution >= 0.6 is 0 Å². The van der Waals surface area contributed by atoms with Crippen LogP contribution in [0.1, 0.15) is 36.4 Å². The highest BCUT2D eigenvalue weighted by Gasteiger charge is 2.52. The summed E-state index contributed by atoms with van der Waals surface area (Å²) in [5.74, 6) is 3.48. The van der Waals surface area contributed by atoms with Crippen LogP contribution in [-0.4, -0.2) is 76.4 Å². The smallest absolute Gasteiger partial charge is 0.407 e. The number of imide groups is 1. The Kier molecular flexibility index (Phi) is 7.89. The standard InChI is InChI=1S/C27H34N4O5S/c1-36-26(34)28-23(21-7-5-4-6-8-21)13-16-30-17-14-27(15-18-30)24(32)31(25(33)29-27)19-20-9-11-22(12-10-20)37(2,3)35/h4-12,23H,2,13-19H2,1,3H3,(H,28,34)(H,29,33)/t23-,37?/m0/s1. The Bertz CT molecular complexity index is 1240. The van der Waals surface area contributed by atoms with Gasteiger partial charge in [-0.25, -0.2) is 9.59 Å². The van der Waals surface area contributed by atoms with Crippen LogP contribution in [0.25, 0.3) is 0 Å². The van der Waals surface area contributed by atoms with Gasteiger partial charge in [0.25, 0.3) is 5.91 Å². The number of methoxy groups -OCH3 is 1. The van der Waals surface area contributed by atoms with Crippen LogP contribution < -0.4 is 10.6 Å². The zero-order chi connectivity index (χ0) is 26.6. The summed E-state index contributed by atoms with van der Waals surface area (Å²) in [5.41, 5.74) is 0.900. The summed E-state index contributed by atoms with van der Waals surface area (Å²) in [6.45, 7) is 2.20. The third-order valence-electron chi connectivity index (χ3n) is 7.13. The zero-order valence-corrected chi connectivity index (χ0v) is 22.1. The van der Waals surface area contributed by atoms with Crippen molar-refractivity contribution in [2.24, 2.45) is 0 Å². The molecule has 4 amide bonds. The first kappa shape index (κ1) is 26.7. The Labute approximate surface area is 218 Å². The number of hydrogen-bond donors (Lipinski definition) is 2. The fraction of sp³-hybridized carbons (Fsp3) is 0.407. The molecule has 2 N–H and O–H groups in total. The molecule has 4 rings (SSSR count). The average molecular weight is 527 g/mol. The fourth-order valence-electron chi connectivity index (χ4n) is 4.90. The molecule has 0 saturated carbocycles. The van der Waals surface area contributed by atoms with Gasteiger partial charge >= 0.3 is 12.1 Å². The number of carbonyl (C=O) groups is 3. The second-order valence-electron chi connectivity index (χ2n) is 9.78. The van der Waals surface area contributed by atoms with E-state index in [1.807, 2.05) is 30.3 Å². The summed E-state index contributed by atoms with van der Waals surface area (Å²) in [4.78, 5) is 42.1. The van der Waals surface area contributed by atoms with Gasteiger partial charge < -0.3 is 20.3 Å². The number of piperidine rings is 1. The molecular formula is C27H34N4O5S. The van der Waals surface area contributed by atoms with Crippen molar-refractivity contribution in [3.05, 3.63) is 65.7 Å². The maximum atomic E-state index is 13.3. The molecule has 0 radical (unpaired) electrons.